The molecule has 1 unspecified atom stereocenters. The highest BCUT2D eigenvalue weighted by atomic mass is 32.2. The molecule has 0 spiro atoms. The molecule has 0 aliphatic carbocycles. The molecule has 2 rings (SSSR count). The first-order valence-electron chi connectivity index (χ1n) is 9.98. The number of carbonyl (C=O) groups excluding carboxylic acids is 2. The van der Waals surface area contributed by atoms with E-state index in [1.165, 1.54) is 8.61 Å². The van der Waals surface area contributed by atoms with Gasteiger partial charge in [0.25, 0.3) is 10.2 Å². The van der Waals surface area contributed by atoms with Gasteiger partial charge in [0.15, 0.2) is 0 Å². The second kappa shape index (κ2) is 9.51. The van der Waals surface area contributed by atoms with E-state index in [0.29, 0.717) is 52.2 Å². The third-order valence-corrected chi connectivity index (χ3v) is 6.87. The molecule has 1 amide bonds. The van der Waals surface area contributed by atoms with Crippen molar-refractivity contribution < 1.29 is 22.7 Å². The number of piperidine rings is 1. The lowest BCUT2D eigenvalue weighted by Crippen LogP contribution is -2.56. The van der Waals surface area contributed by atoms with E-state index in [1.54, 1.807) is 6.92 Å². The Morgan fingerprint density at radius 1 is 1.07 bits per heavy atom. The first kappa shape index (κ1) is 23.1. The fraction of sp³-hybridized carbons (Fsp3) is 0.889. The molecule has 28 heavy (non-hydrogen) atoms. The van der Waals surface area contributed by atoms with Gasteiger partial charge in [-0.2, -0.15) is 17.0 Å². The minimum Gasteiger partial charge on any atom is -0.466 e. The zero-order valence-corrected chi connectivity index (χ0v) is 18.3. The normalized spacial score (nSPS) is 23.4. The van der Waals surface area contributed by atoms with Crippen LogP contribution in [0.15, 0.2) is 0 Å². The lowest BCUT2D eigenvalue weighted by Gasteiger charge is -2.38. The van der Waals surface area contributed by atoms with E-state index in [2.05, 4.69) is 5.32 Å². The Hall–Kier alpha value is -1.23. The van der Waals surface area contributed by atoms with Crippen molar-refractivity contribution in [1.82, 2.24) is 18.8 Å². The fourth-order valence-corrected chi connectivity index (χ4v) is 5.23. The number of esters is 1. The van der Waals surface area contributed by atoms with Gasteiger partial charge < -0.3 is 10.1 Å². The van der Waals surface area contributed by atoms with Gasteiger partial charge in [0, 0.05) is 44.8 Å². The van der Waals surface area contributed by atoms with E-state index in [4.69, 9.17) is 4.74 Å². The fourth-order valence-electron chi connectivity index (χ4n) is 3.55. The second-order valence-corrected chi connectivity index (χ2v) is 10.4. The zero-order valence-electron chi connectivity index (χ0n) is 17.4. The summed E-state index contributed by atoms with van der Waals surface area (Å²) in [7, 11) is -3.62. The van der Waals surface area contributed by atoms with Gasteiger partial charge in [-0.05, 0) is 40.5 Å². The van der Waals surface area contributed by atoms with Crippen molar-refractivity contribution in [3.8, 4) is 0 Å². The summed E-state index contributed by atoms with van der Waals surface area (Å²) in [5.74, 6) is -0.778. The molecule has 2 aliphatic heterocycles. The molecule has 2 heterocycles. The summed E-state index contributed by atoms with van der Waals surface area (Å²) in [6, 6.07) is 0. The third-order valence-electron chi connectivity index (χ3n) is 4.87. The lowest BCUT2D eigenvalue weighted by atomic mass is 10.0. The number of nitrogens with one attached hydrogen (secondary N) is 1. The predicted octanol–water partition coefficient (Wildman–Crippen LogP) is 0.0386. The van der Waals surface area contributed by atoms with Crippen LogP contribution in [0, 0.1) is 5.92 Å². The summed E-state index contributed by atoms with van der Waals surface area (Å²) in [5, 5.41) is 2.92. The maximum atomic E-state index is 13.0. The van der Waals surface area contributed by atoms with Crippen LogP contribution in [-0.2, 0) is 24.5 Å². The SMILES string of the molecule is CCOC(=O)C1CCCN(S(=O)(=O)N2CCN(CC(=O)NC(C)(C)C)CC2)C1. The minimum absolute atomic E-state index is 0.0582. The topological polar surface area (TPSA) is 99.3 Å². The Labute approximate surface area is 168 Å². The Morgan fingerprint density at radius 3 is 2.29 bits per heavy atom. The summed E-state index contributed by atoms with van der Waals surface area (Å²) in [6.45, 7) is 10.4. The molecule has 1 N–H and O–H groups in total. The van der Waals surface area contributed by atoms with Crippen LogP contribution in [0.5, 0.6) is 0 Å². The number of carbonyl (C=O) groups is 2. The first-order valence-corrected chi connectivity index (χ1v) is 11.4. The summed E-state index contributed by atoms with van der Waals surface area (Å²) >= 11 is 0. The lowest BCUT2D eigenvalue weighted by molar-refractivity contribution is -0.149. The summed E-state index contributed by atoms with van der Waals surface area (Å²) < 4.78 is 33.9. The molecule has 0 radical (unpaired) electrons. The van der Waals surface area contributed by atoms with Crippen molar-refractivity contribution in [2.45, 2.75) is 46.1 Å². The highest BCUT2D eigenvalue weighted by Crippen LogP contribution is 2.23. The Balaban J connectivity index is 1.88. The van der Waals surface area contributed by atoms with Gasteiger partial charge in [0.2, 0.25) is 5.91 Å². The van der Waals surface area contributed by atoms with Gasteiger partial charge in [-0.1, -0.05) is 0 Å². The van der Waals surface area contributed by atoms with Crippen molar-refractivity contribution >= 4 is 22.1 Å². The molecule has 2 fully saturated rings. The van der Waals surface area contributed by atoms with Crippen molar-refractivity contribution in [1.29, 1.82) is 0 Å². The van der Waals surface area contributed by atoms with E-state index < -0.39 is 16.1 Å². The number of amides is 1. The molecule has 0 aromatic rings. The monoisotopic (exact) mass is 418 g/mol. The second-order valence-electron chi connectivity index (χ2n) is 8.43. The van der Waals surface area contributed by atoms with Gasteiger partial charge in [0.05, 0.1) is 19.1 Å². The largest absolute Gasteiger partial charge is 0.466 e. The first-order chi connectivity index (χ1) is 13.0. The highest BCUT2D eigenvalue weighted by molar-refractivity contribution is 7.86. The van der Waals surface area contributed by atoms with Gasteiger partial charge in [0.1, 0.15) is 0 Å². The number of hydrogen-bond donors (Lipinski definition) is 1. The average Bonchev–Trinajstić information content (AvgIpc) is 2.61. The molecular formula is C18H34N4O5S. The van der Waals surface area contributed by atoms with Gasteiger partial charge in [-0.25, -0.2) is 0 Å². The molecular weight excluding hydrogens is 384 g/mol. The van der Waals surface area contributed by atoms with Crippen LogP contribution >= 0.6 is 0 Å². The number of rotatable bonds is 6. The zero-order chi connectivity index (χ0) is 20.9. The van der Waals surface area contributed by atoms with E-state index in [1.807, 2.05) is 25.7 Å². The van der Waals surface area contributed by atoms with Crippen LogP contribution in [0.2, 0.25) is 0 Å². The van der Waals surface area contributed by atoms with E-state index in [0.717, 1.165) is 0 Å². The van der Waals surface area contributed by atoms with Gasteiger partial charge >= 0.3 is 5.97 Å². The Bertz CT molecular complexity index is 653. The van der Waals surface area contributed by atoms with Crippen LogP contribution < -0.4 is 5.32 Å². The van der Waals surface area contributed by atoms with Crippen molar-refractivity contribution in [3.63, 3.8) is 0 Å². The van der Waals surface area contributed by atoms with Crippen molar-refractivity contribution in [2.75, 3.05) is 52.4 Å². The summed E-state index contributed by atoms with van der Waals surface area (Å²) in [5.41, 5.74) is -0.286. The Morgan fingerprint density at radius 2 is 1.71 bits per heavy atom. The average molecular weight is 419 g/mol. The molecule has 9 nitrogen and oxygen atoms in total. The molecule has 0 aromatic carbocycles. The van der Waals surface area contributed by atoms with Crippen molar-refractivity contribution in [3.05, 3.63) is 0 Å². The van der Waals surface area contributed by atoms with Crippen LogP contribution in [0.25, 0.3) is 0 Å². The van der Waals surface area contributed by atoms with Crippen LogP contribution in [0.3, 0.4) is 0 Å². The van der Waals surface area contributed by atoms with E-state index in [9.17, 15) is 18.0 Å². The number of hydrogen-bond acceptors (Lipinski definition) is 6. The highest BCUT2D eigenvalue weighted by Gasteiger charge is 2.37. The van der Waals surface area contributed by atoms with Crippen molar-refractivity contribution in [2.24, 2.45) is 5.92 Å². The number of nitrogens with zero attached hydrogens (tertiary/aromatic N) is 3. The van der Waals surface area contributed by atoms with Crippen LogP contribution in [-0.4, -0.2) is 91.8 Å². The minimum atomic E-state index is -3.62. The summed E-state index contributed by atoms with van der Waals surface area (Å²) in [4.78, 5) is 26.0. The smallest absolute Gasteiger partial charge is 0.310 e. The number of piperazine rings is 1. The maximum absolute atomic E-state index is 13.0. The standard InChI is InChI=1S/C18H34N4O5S/c1-5-27-17(24)15-7-6-8-22(13-15)28(25,26)21-11-9-20(10-12-21)14-16(23)19-18(2,3)4/h15H,5-14H2,1-4H3,(H,19,23). The maximum Gasteiger partial charge on any atom is 0.310 e. The molecule has 0 aromatic heterocycles. The Kier molecular flexibility index (Phi) is 7.83. The van der Waals surface area contributed by atoms with Crippen LogP contribution in [0.4, 0.5) is 0 Å². The van der Waals surface area contributed by atoms with E-state index >= 15 is 0 Å². The molecule has 162 valence electrons. The summed E-state index contributed by atoms with van der Waals surface area (Å²) in [6.07, 6.45) is 1.30. The molecule has 0 bridgehead atoms. The van der Waals surface area contributed by atoms with Gasteiger partial charge in [-0.15, -0.1) is 0 Å². The number of ether oxygens (including phenoxy) is 1. The molecule has 0 saturated carbocycles. The molecule has 10 heteroatoms. The molecule has 2 saturated heterocycles. The quantitative estimate of drug-likeness (QED) is 0.612. The third kappa shape index (κ3) is 6.40. The molecule has 2 aliphatic rings. The molecule has 1 atom stereocenters. The van der Waals surface area contributed by atoms with Crippen LogP contribution in [0.1, 0.15) is 40.5 Å². The predicted molar refractivity (Wildman–Crippen MR) is 106 cm³/mol. The van der Waals surface area contributed by atoms with Gasteiger partial charge in [-0.3, -0.25) is 14.5 Å². The van der Waals surface area contributed by atoms with E-state index in [-0.39, 0.29) is 30.5 Å².